The van der Waals surface area contributed by atoms with E-state index >= 15 is 0 Å². The summed E-state index contributed by atoms with van der Waals surface area (Å²) < 4.78 is 56.9. The number of nitrogens with zero attached hydrogens (tertiary/aromatic N) is 5. The van der Waals surface area contributed by atoms with Gasteiger partial charge in [-0.1, -0.05) is 35.5 Å². The fourth-order valence-corrected chi connectivity index (χ4v) is 7.51. The van der Waals surface area contributed by atoms with Crippen molar-refractivity contribution in [2.45, 2.75) is 54.0 Å². The summed E-state index contributed by atoms with van der Waals surface area (Å²) in [5, 5.41) is 8.10. The Morgan fingerprint density at radius 2 is 1.56 bits per heavy atom. The Kier molecular flexibility index (Phi) is 6.57. The first-order valence-electron chi connectivity index (χ1n) is 12.7. The van der Waals surface area contributed by atoms with E-state index in [4.69, 9.17) is 0 Å². The quantitative estimate of drug-likeness (QED) is 0.323. The molecule has 0 amide bonds. The van der Waals surface area contributed by atoms with Gasteiger partial charge < -0.3 is 4.98 Å². The van der Waals surface area contributed by atoms with E-state index in [0.29, 0.717) is 30.9 Å². The first-order valence-corrected chi connectivity index (χ1v) is 15.6. The molecule has 2 aromatic carbocycles. The Morgan fingerprint density at radius 3 is 2.23 bits per heavy atom. The topological polar surface area (TPSA) is 160 Å². The van der Waals surface area contributed by atoms with Crippen molar-refractivity contribution in [1.29, 1.82) is 0 Å². The molecule has 204 valence electrons. The van der Waals surface area contributed by atoms with Crippen LogP contribution in [0.1, 0.15) is 43.0 Å². The van der Waals surface area contributed by atoms with Crippen molar-refractivity contribution < 1.29 is 16.8 Å². The van der Waals surface area contributed by atoms with Gasteiger partial charge in [-0.15, -0.1) is 5.10 Å². The van der Waals surface area contributed by atoms with E-state index in [1.54, 1.807) is 4.68 Å². The lowest BCUT2D eigenvalue weighted by Gasteiger charge is -2.30. The molecule has 12 nitrogen and oxygen atoms in total. The number of benzene rings is 2. The fraction of sp³-hybridized carbons (Fsp3) is 0.360. The molecule has 6 rings (SSSR count). The van der Waals surface area contributed by atoms with E-state index in [2.05, 4.69) is 25.0 Å². The molecule has 1 saturated heterocycles. The molecular weight excluding hydrogens is 542 g/mol. The third-order valence-corrected chi connectivity index (χ3v) is 10.5. The normalized spacial score (nSPS) is 17.5. The molecule has 4 aromatic rings. The summed E-state index contributed by atoms with van der Waals surface area (Å²) >= 11 is 0. The number of fused-ring (bicyclic) bond motifs is 1. The zero-order chi connectivity index (χ0) is 27.2. The van der Waals surface area contributed by atoms with Crippen molar-refractivity contribution in [2.75, 3.05) is 13.1 Å². The van der Waals surface area contributed by atoms with Crippen molar-refractivity contribution in [1.82, 2.24) is 34.0 Å². The Morgan fingerprint density at radius 1 is 0.897 bits per heavy atom. The van der Waals surface area contributed by atoms with Gasteiger partial charge in [0, 0.05) is 25.0 Å². The molecular formula is C25H27N7O5S2. The molecule has 2 fully saturated rings. The maximum Gasteiger partial charge on any atom is 0.281 e. The van der Waals surface area contributed by atoms with Gasteiger partial charge in [-0.3, -0.25) is 4.79 Å². The number of aromatic amines is 1. The average molecular weight is 570 g/mol. The Hall–Kier alpha value is -3.46. The molecule has 0 radical (unpaired) electrons. The lowest BCUT2D eigenvalue weighted by atomic mass is 9.97. The summed E-state index contributed by atoms with van der Waals surface area (Å²) in [4.78, 5) is 20.3. The van der Waals surface area contributed by atoms with Crippen LogP contribution in [0.15, 0.2) is 69.2 Å². The minimum atomic E-state index is -3.81. The smallest absolute Gasteiger partial charge is 0.281 e. The van der Waals surface area contributed by atoms with Crippen molar-refractivity contribution in [2.24, 2.45) is 0 Å². The van der Waals surface area contributed by atoms with Crippen LogP contribution in [0.4, 0.5) is 0 Å². The van der Waals surface area contributed by atoms with Gasteiger partial charge >= 0.3 is 0 Å². The number of nitrogens with one attached hydrogen (secondary N) is 2. The zero-order valence-corrected chi connectivity index (χ0v) is 22.5. The summed E-state index contributed by atoms with van der Waals surface area (Å²) in [5.74, 6) is 0.341. The maximum absolute atomic E-state index is 13.3. The van der Waals surface area contributed by atoms with Crippen LogP contribution in [-0.4, -0.2) is 65.2 Å². The van der Waals surface area contributed by atoms with Crippen LogP contribution in [-0.2, 0) is 26.6 Å². The molecule has 0 bridgehead atoms. The number of piperidine rings is 1. The Labute approximate surface area is 225 Å². The summed E-state index contributed by atoms with van der Waals surface area (Å²) in [6.45, 7) is 0.889. The molecule has 2 aromatic heterocycles. The van der Waals surface area contributed by atoms with Crippen molar-refractivity contribution in [3.63, 3.8) is 0 Å². The largest absolute Gasteiger partial charge is 0.308 e. The number of hydrogen-bond acceptors (Lipinski definition) is 8. The zero-order valence-electron chi connectivity index (χ0n) is 20.9. The van der Waals surface area contributed by atoms with Crippen LogP contribution in [0.5, 0.6) is 0 Å². The van der Waals surface area contributed by atoms with Crippen LogP contribution in [0.3, 0.4) is 0 Å². The van der Waals surface area contributed by atoms with Crippen molar-refractivity contribution in [3.8, 4) is 0 Å². The van der Waals surface area contributed by atoms with Crippen molar-refractivity contribution >= 4 is 31.2 Å². The molecule has 2 aliphatic rings. The summed E-state index contributed by atoms with van der Waals surface area (Å²) in [7, 11) is -7.48. The van der Waals surface area contributed by atoms with Gasteiger partial charge in [0.2, 0.25) is 20.0 Å². The minimum absolute atomic E-state index is 0.0365. The molecule has 39 heavy (non-hydrogen) atoms. The number of aromatic nitrogens is 5. The van der Waals surface area contributed by atoms with Crippen molar-refractivity contribution in [3.05, 3.63) is 76.3 Å². The Bertz CT molecular complexity index is 1770. The number of hydrogen-bond donors (Lipinski definition) is 2. The second-order valence-corrected chi connectivity index (χ2v) is 13.6. The van der Waals surface area contributed by atoms with E-state index < -0.39 is 20.0 Å². The third-order valence-electron chi connectivity index (χ3n) is 7.08. The van der Waals surface area contributed by atoms with Crippen LogP contribution in [0.25, 0.3) is 11.2 Å². The maximum atomic E-state index is 13.3. The van der Waals surface area contributed by atoms with Gasteiger partial charge in [-0.05, 0) is 55.5 Å². The number of rotatable bonds is 8. The number of H-pyrrole nitrogens is 1. The summed E-state index contributed by atoms with van der Waals surface area (Å²) in [5.41, 5.74) is 1.16. The second kappa shape index (κ2) is 9.93. The minimum Gasteiger partial charge on any atom is -0.308 e. The Balaban J connectivity index is 1.17. The van der Waals surface area contributed by atoms with Gasteiger partial charge in [0.1, 0.15) is 5.82 Å². The monoisotopic (exact) mass is 569 g/mol. The van der Waals surface area contributed by atoms with Gasteiger partial charge in [0.05, 0.1) is 16.3 Å². The van der Waals surface area contributed by atoms with Gasteiger partial charge in [0.25, 0.3) is 5.56 Å². The average Bonchev–Trinajstić information content (AvgIpc) is 3.66. The summed E-state index contributed by atoms with van der Waals surface area (Å²) in [6, 6.07) is 14.9. The highest BCUT2D eigenvalue weighted by atomic mass is 32.2. The molecule has 1 aliphatic heterocycles. The first kappa shape index (κ1) is 25.8. The SMILES string of the molecule is O=c1[nH]c(C2CCN(S(=O)(=O)c3ccc(S(=O)(=O)NC4CC4)cc3)CC2)nc2c1nnn2Cc1ccccc1. The molecule has 0 spiro atoms. The van der Waals surface area contributed by atoms with Gasteiger partial charge in [0.15, 0.2) is 11.2 Å². The molecule has 1 aliphatic carbocycles. The predicted molar refractivity (Wildman–Crippen MR) is 142 cm³/mol. The predicted octanol–water partition coefficient (Wildman–Crippen LogP) is 1.57. The van der Waals surface area contributed by atoms with Crippen LogP contribution >= 0.6 is 0 Å². The molecule has 14 heteroatoms. The van der Waals surface area contributed by atoms with Crippen LogP contribution in [0, 0.1) is 0 Å². The molecule has 1 saturated carbocycles. The van der Waals surface area contributed by atoms with Gasteiger partial charge in [-0.2, -0.15) is 4.31 Å². The molecule has 2 N–H and O–H groups in total. The van der Waals surface area contributed by atoms with Gasteiger partial charge in [-0.25, -0.2) is 31.2 Å². The van der Waals surface area contributed by atoms with E-state index in [9.17, 15) is 21.6 Å². The lowest BCUT2D eigenvalue weighted by Crippen LogP contribution is -2.38. The van der Waals surface area contributed by atoms with Crippen LogP contribution in [0.2, 0.25) is 0 Å². The molecule has 0 atom stereocenters. The number of sulfonamides is 2. The highest BCUT2D eigenvalue weighted by Gasteiger charge is 2.32. The third kappa shape index (κ3) is 5.24. The van der Waals surface area contributed by atoms with E-state index in [1.165, 1.54) is 28.6 Å². The highest BCUT2D eigenvalue weighted by Crippen LogP contribution is 2.30. The van der Waals surface area contributed by atoms with E-state index in [1.807, 2.05) is 30.3 Å². The van der Waals surface area contributed by atoms with Crippen LogP contribution < -0.4 is 10.3 Å². The standard InChI is InChI=1S/C25H27N7O5S2/c33-25-22-24(32(30-28-22)16-17-4-2-1-3-5-17)26-23(27-25)18-12-14-31(15-13-18)39(36,37)21-10-8-20(9-11-21)38(34,35)29-19-6-7-19/h1-5,8-11,18-19,29H,6-7,12-16H2,(H,26,27,33). The lowest BCUT2D eigenvalue weighted by molar-refractivity contribution is 0.313. The fourth-order valence-electron chi connectivity index (χ4n) is 4.74. The van der Waals surface area contributed by atoms with E-state index in [-0.39, 0.29) is 45.9 Å². The summed E-state index contributed by atoms with van der Waals surface area (Å²) in [6.07, 6.45) is 2.55. The second-order valence-electron chi connectivity index (χ2n) is 9.90. The molecule has 3 heterocycles. The van der Waals surface area contributed by atoms with E-state index in [0.717, 1.165) is 18.4 Å². The molecule has 0 unspecified atom stereocenters. The highest BCUT2D eigenvalue weighted by molar-refractivity contribution is 7.89. The first-order chi connectivity index (χ1) is 18.7.